The zero-order valence-corrected chi connectivity index (χ0v) is 14.0. The number of rotatable bonds is 5. The monoisotopic (exact) mass is 340 g/mol. The molecular formula is C14H20N4O4S. The lowest BCUT2D eigenvalue weighted by Gasteiger charge is -2.24. The molecule has 2 saturated heterocycles. The minimum atomic E-state index is -0.881. The Bertz CT molecular complexity index is 622. The van der Waals surface area contributed by atoms with Crippen LogP contribution in [0.2, 0.25) is 0 Å². The molecular weight excluding hydrogens is 320 g/mol. The molecule has 0 aromatic carbocycles. The summed E-state index contributed by atoms with van der Waals surface area (Å²) in [7, 11) is 0. The van der Waals surface area contributed by atoms with Crippen LogP contribution in [-0.4, -0.2) is 69.4 Å². The van der Waals surface area contributed by atoms with E-state index in [-0.39, 0.29) is 18.4 Å². The number of carboxylic acids is 1. The highest BCUT2D eigenvalue weighted by molar-refractivity contribution is 7.97. The molecule has 8 nitrogen and oxygen atoms in total. The fraction of sp³-hybridized carbons (Fsp3) is 0.714. The van der Waals surface area contributed by atoms with Gasteiger partial charge in [0.15, 0.2) is 5.82 Å². The molecule has 0 bridgehead atoms. The van der Waals surface area contributed by atoms with Gasteiger partial charge in [-0.25, -0.2) is 0 Å². The van der Waals surface area contributed by atoms with Gasteiger partial charge in [-0.3, -0.25) is 14.5 Å². The zero-order valence-electron chi connectivity index (χ0n) is 13.2. The van der Waals surface area contributed by atoms with E-state index in [2.05, 4.69) is 10.1 Å². The normalized spacial score (nSPS) is 27.4. The van der Waals surface area contributed by atoms with E-state index in [1.54, 1.807) is 16.7 Å². The first-order valence-electron chi connectivity index (χ1n) is 7.46. The molecule has 0 aliphatic carbocycles. The Hall–Kier alpha value is -1.61. The molecule has 3 rings (SSSR count). The number of nitrogens with zero attached hydrogens (tertiary/aromatic N) is 4. The number of thioether (sulfide) groups is 1. The Morgan fingerprint density at radius 2 is 2.22 bits per heavy atom. The number of amides is 1. The molecule has 0 radical (unpaired) electrons. The van der Waals surface area contributed by atoms with Crippen molar-refractivity contribution in [3.05, 3.63) is 11.7 Å². The fourth-order valence-corrected chi connectivity index (χ4v) is 3.94. The van der Waals surface area contributed by atoms with Crippen molar-refractivity contribution in [3.8, 4) is 0 Å². The lowest BCUT2D eigenvalue weighted by molar-refractivity contribution is -0.149. The molecule has 2 fully saturated rings. The average molecular weight is 340 g/mol. The standard InChI is InChI=1S/C14H20N4O4S/c1-9(19)18-4-10-3-17(7-14(10,8-18)13(20)21)5-12-15-11(6-23-2)16-22-12/h10H,3-8H2,1-2H3,(H,20,21)/t10-,14-/m1/s1. The summed E-state index contributed by atoms with van der Waals surface area (Å²) in [5, 5.41) is 13.6. The first-order valence-corrected chi connectivity index (χ1v) is 8.85. The Morgan fingerprint density at radius 1 is 1.43 bits per heavy atom. The van der Waals surface area contributed by atoms with Gasteiger partial charge in [-0.15, -0.1) is 0 Å². The third-order valence-electron chi connectivity index (χ3n) is 4.69. The second-order valence-electron chi connectivity index (χ2n) is 6.26. The molecule has 9 heteroatoms. The summed E-state index contributed by atoms with van der Waals surface area (Å²) in [6.07, 6.45) is 1.97. The summed E-state index contributed by atoms with van der Waals surface area (Å²) in [4.78, 5) is 31.4. The maximum atomic E-state index is 11.8. The van der Waals surface area contributed by atoms with E-state index in [1.807, 2.05) is 11.2 Å². The molecule has 3 heterocycles. The van der Waals surface area contributed by atoms with Gasteiger partial charge in [-0.2, -0.15) is 16.7 Å². The molecule has 126 valence electrons. The molecule has 0 spiro atoms. The predicted octanol–water partition coefficient (Wildman–Crippen LogP) is 0.298. The minimum absolute atomic E-state index is 0.0579. The number of aromatic nitrogens is 2. The second kappa shape index (κ2) is 6.12. The Kier molecular flexibility index (Phi) is 4.33. The van der Waals surface area contributed by atoms with Crippen LogP contribution >= 0.6 is 11.8 Å². The van der Waals surface area contributed by atoms with E-state index in [0.717, 1.165) is 0 Å². The van der Waals surface area contributed by atoms with Gasteiger partial charge in [0.05, 0.1) is 12.3 Å². The number of aliphatic carboxylic acids is 1. The van der Waals surface area contributed by atoms with Crippen molar-refractivity contribution in [2.45, 2.75) is 19.2 Å². The van der Waals surface area contributed by atoms with E-state index in [0.29, 0.717) is 43.6 Å². The van der Waals surface area contributed by atoms with Gasteiger partial charge in [0.25, 0.3) is 0 Å². The molecule has 1 aromatic heterocycles. The number of carbonyl (C=O) groups excluding carboxylic acids is 1. The van der Waals surface area contributed by atoms with E-state index in [9.17, 15) is 14.7 Å². The van der Waals surface area contributed by atoms with Crippen LogP contribution in [0.3, 0.4) is 0 Å². The van der Waals surface area contributed by atoms with Crippen LogP contribution in [0.15, 0.2) is 4.52 Å². The lowest BCUT2D eigenvalue weighted by Crippen LogP contribution is -2.41. The third-order valence-corrected chi connectivity index (χ3v) is 5.24. The van der Waals surface area contributed by atoms with Gasteiger partial charge in [-0.05, 0) is 6.26 Å². The van der Waals surface area contributed by atoms with Crippen LogP contribution in [-0.2, 0) is 21.9 Å². The molecule has 1 N–H and O–H groups in total. The highest BCUT2D eigenvalue weighted by Crippen LogP contribution is 2.43. The number of hydrogen-bond acceptors (Lipinski definition) is 7. The Balaban J connectivity index is 1.69. The van der Waals surface area contributed by atoms with Crippen molar-refractivity contribution in [3.63, 3.8) is 0 Å². The second-order valence-corrected chi connectivity index (χ2v) is 7.13. The van der Waals surface area contributed by atoms with Gasteiger partial charge in [-0.1, -0.05) is 5.16 Å². The smallest absolute Gasteiger partial charge is 0.313 e. The predicted molar refractivity (Wildman–Crippen MR) is 82.6 cm³/mol. The number of hydrogen-bond donors (Lipinski definition) is 1. The van der Waals surface area contributed by atoms with Crippen molar-refractivity contribution >= 4 is 23.6 Å². The number of carboxylic acid groups (broad SMARTS) is 1. The van der Waals surface area contributed by atoms with Crippen LogP contribution in [0.1, 0.15) is 18.6 Å². The van der Waals surface area contributed by atoms with Gasteiger partial charge < -0.3 is 14.5 Å². The highest BCUT2D eigenvalue weighted by Gasteiger charge is 2.58. The van der Waals surface area contributed by atoms with Crippen molar-refractivity contribution in [2.75, 3.05) is 32.4 Å². The van der Waals surface area contributed by atoms with E-state index >= 15 is 0 Å². The average Bonchev–Trinajstić information content (AvgIpc) is 3.12. The Morgan fingerprint density at radius 3 is 2.83 bits per heavy atom. The summed E-state index contributed by atoms with van der Waals surface area (Å²) in [6, 6.07) is 0. The first-order chi connectivity index (χ1) is 10.9. The summed E-state index contributed by atoms with van der Waals surface area (Å²) in [5.41, 5.74) is -0.881. The molecule has 1 aromatic rings. The van der Waals surface area contributed by atoms with Crippen LogP contribution in [0.4, 0.5) is 0 Å². The van der Waals surface area contributed by atoms with Gasteiger partial charge in [0.1, 0.15) is 5.41 Å². The van der Waals surface area contributed by atoms with Crippen molar-refractivity contribution in [2.24, 2.45) is 11.3 Å². The highest BCUT2D eigenvalue weighted by atomic mass is 32.2. The summed E-state index contributed by atoms with van der Waals surface area (Å²) in [5.74, 6) is 0.907. The molecule has 2 aliphatic rings. The topological polar surface area (TPSA) is 99.8 Å². The van der Waals surface area contributed by atoms with Crippen molar-refractivity contribution in [1.82, 2.24) is 19.9 Å². The van der Waals surface area contributed by atoms with Crippen molar-refractivity contribution in [1.29, 1.82) is 0 Å². The lowest BCUT2D eigenvalue weighted by atomic mass is 9.81. The minimum Gasteiger partial charge on any atom is -0.481 e. The maximum absolute atomic E-state index is 11.8. The van der Waals surface area contributed by atoms with E-state index in [1.165, 1.54) is 6.92 Å². The maximum Gasteiger partial charge on any atom is 0.313 e. The largest absolute Gasteiger partial charge is 0.481 e. The summed E-state index contributed by atoms with van der Waals surface area (Å²) >= 11 is 1.62. The van der Waals surface area contributed by atoms with Gasteiger partial charge >= 0.3 is 5.97 Å². The van der Waals surface area contributed by atoms with Crippen LogP contribution < -0.4 is 0 Å². The van der Waals surface area contributed by atoms with E-state index < -0.39 is 11.4 Å². The van der Waals surface area contributed by atoms with Crippen LogP contribution in [0.5, 0.6) is 0 Å². The third kappa shape index (κ3) is 2.94. The Labute approximate surface area is 138 Å². The van der Waals surface area contributed by atoms with Crippen LogP contribution in [0.25, 0.3) is 0 Å². The van der Waals surface area contributed by atoms with Gasteiger partial charge in [0.2, 0.25) is 11.8 Å². The summed E-state index contributed by atoms with van der Waals surface area (Å²) in [6.45, 7) is 3.74. The number of carbonyl (C=O) groups is 2. The molecule has 2 aliphatic heterocycles. The van der Waals surface area contributed by atoms with Gasteiger partial charge in [0, 0.05) is 39.0 Å². The SMILES string of the molecule is CSCc1noc(CN2C[C@@H]3CN(C(C)=O)C[C@]3(C(=O)O)C2)n1. The molecule has 23 heavy (non-hydrogen) atoms. The van der Waals surface area contributed by atoms with Crippen molar-refractivity contribution < 1.29 is 19.2 Å². The first kappa shape index (κ1) is 16.3. The molecule has 2 atom stereocenters. The number of likely N-dealkylation sites (tertiary alicyclic amines) is 2. The number of fused-ring (bicyclic) bond motifs is 1. The molecule has 0 unspecified atom stereocenters. The van der Waals surface area contributed by atoms with E-state index in [4.69, 9.17) is 4.52 Å². The quantitative estimate of drug-likeness (QED) is 0.817. The summed E-state index contributed by atoms with van der Waals surface area (Å²) < 4.78 is 5.23. The van der Waals surface area contributed by atoms with Crippen LogP contribution in [0, 0.1) is 11.3 Å². The molecule has 1 amide bonds. The fourth-order valence-electron chi connectivity index (χ4n) is 3.57. The molecule has 0 saturated carbocycles. The zero-order chi connectivity index (χ0) is 16.6.